The van der Waals surface area contributed by atoms with Crippen molar-refractivity contribution in [1.29, 1.82) is 0 Å². The Morgan fingerprint density at radius 1 is 0.938 bits per heavy atom. The molecular weight excluding hydrogens is 194 g/mol. The summed E-state index contributed by atoms with van der Waals surface area (Å²) in [5, 5.41) is 3.61. The molecule has 16 heavy (non-hydrogen) atoms. The minimum Gasteiger partial charge on any atom is -0.316 e. The lowest BCUT2D eigenvalue weighted by Gasteiger charge is -2.16. The van der Waals surface area contributed by atoms with Gasteiger partial charge in [-0.25, -0.2) is 0 Å². The molecular formula is C15H33N. The summed E-state index contributed by atoms with van der Waals surface area (Å²) in [4.78, 5) is 0. The van der Waals surface area contributed by atoms with E-state index in [-0.39, 0.29) is 0 Å². The van der Waals surface area contributed by atoms with Gasteiger partial charge in [0.25, 0.3) is 0 Å². The summed E-state index contributed by atoms with van der Waals surface area (Å²) < 4.78 is 0. The molecule has 0 aromatic heterocycles. The van der Waals surface area contributed by atoms with E-state index in [1.807, 2.05) is 0 Å². The summed E-state index contributed by atoms with van der Waals surface area (Å²) >= 11 is 0. The Kier molecular flexibility index (Phi) is 11.4. The Morgan fingerprint density at radius 3 is 2.25 bits per heavy atom. The maximum Gasteiger partial charge on any atom is -0.00232 e. The molecule has 0 aliphatic heterocycles. The molecule has 0 fully saturated rings. The SMILES string of the molecule is CCCCC(CC)CCNCC(C)CCC. The minimum absolute atomic E-state index is 0.848. The molecule has 0 aromatic rings. The van der Waals surface area contributed by atoms with Crippen LogP contribution < -0.4 is 5.32 Å². The van der Waals surface area contributed by atoms with Gasteiger partial charge in [-0.3, -0.25) is 0 Å². The summed E-state index contributed by atoms with van der Waals surface area (Å²) in [5.74, 6) is 1.80. The molecule has 0 aliphatic rings. The van der Waals surface area contributed by atoms with Gasteiger partial charge in [0.05, 0.1) is 0 Å². The zero-order valence-corrected chi connectivity index (χ0v) is 12.0. The molecule has 1 nitrogen and oxygen atoms in total. The van der Waals surface area contributed by atoms with E-state index < -0.39 is 0 Å². The van der Waals surface area contributed by atoms with Gasteiger partial charge < -0.3 is 5.32 Å². The summed E-state index contributed by atoms with van der Waals surface area (Å²) in [6, 6.07) is 0. The van der Waals surface area contributed by atoms with Gasteiger partial charge in [-0.15, -0.1) is 0 Å². The van der Waals surface area contributed by atoms with E-state index in [1.165, 1.54) is 58.0 Å². The minimum atomic E-state index is 0.848. The van der Waals surface area contributed by atoms with Crippen molar-refractivity contribution in [1.82, 2.24) is 5.32 Å². The van der Waals surface area contributed by atoms with Crippen molar-refractivity contribution in [3.63, 3.8) is 0 Å². The predicted molar refractivity (Wildman–Crippen MR) is 74.9 cm³/mol. The van der Waals surface area contributed by atoms with E-state index in [0.717, 1.165) is 11.8 Å². The van der Waals surface area contributed by atoms with Crippen molar-refractivity contribution < 1.29 is 0 Å². The van der Waals surface area contributed by atoms with E-state index in [4.69, 9.17) is 0 Å². The molecule has 98 valence electrons. The van der Waals surface area contributed by atoms with Gasteiger partial charge in [0.1, 0.15) is 0 Å². The first-order chi connectivity index (χ1) is 7.74. The van der Waals surface area contributed by atoms with Gasteiger partial charge >= 0.3 is 0 Å². The first-order valence-corrected chi connectivity index (χ1v) is 7.45. The maximum absolute atomic E-state index is 3.61. The van der Waals surface area contributed by atoms with Gasteiger partial charge in [-0.2, -0.15) is 0 Å². The largest absolute Gasteiger partial charge is 0.316 e. The van der Waals surface area contributed by atoms with Crippen molar-refractivity contribution in [2.45, 2.75) is 72.6 Å². The first-order valence-electron chi connectivity index (χ1n) is 7.45. The number of hydrogen-bond acceptors (Lipinski definition) is 1. The molecule has 0 saturated heterocycles. The van der Waals surface area contributed by atoms with Crippen molar-refractivity contribution in [2.24, 2.45) is 11.8 Å². The average molecular weight is 227 g/mol. The van der Waals surface area contributed by atoms with Crippen molar-refractivity contribution in [3.8, 4) is 0 Å². The highest BCUT2D eigenvalue weighted by Gasteiger charge is 2.05. The lowest BCUT2D eigenvalue weighted by Crippen LogP contribution is -2.23. The van der Waals surface area contributed by atoms with Gasteiger partial charge in [-0.1, -0.05) is 59.8 Å². The number of unbranched alkanes of at least 4 members (excludes halogenated alkanes) is 1. The van der Waals surface area contributed by atoms with Crippen LogP contribution in [0.3, 0.4) is 0 Å². The van der Waals surface area contributed by atoms with Crippen LogP contribution in [0.4, 0.5) is 0 Å². The Bertz CT molecular complexity index is 133. The van der Waals surface area contributed by atoms with E-state index in [9.17, 15) is 0 Å². The molecule has 0 radical (unpaired) electrons. The molecule has 2 unspecified atom stereocenters. The fourth-order valence-corrected chi connectivity index (χ4v) is 2.29. The van der Waals surface area contributed by atoms with Gasteiger partial charge in [0, 0.05) is 0 Å². The van der Waals surface area contributed by atoms with Crippen LogP contribution >= 0.6 is 0 Å². The second kappa shape index (κ2) is 11.4. The molecule has 0 rings (SSSR count). The monoisotopic (exact) mass is 227 g/mol. The highest BCUT2D eigenvalue weighted by Crippen LogP contribution is 2.15. The third-order valence-electron chi connectivity index (χ3n) is 3.55. The molecule has 1 heteroatoms. The highest BCUT2D eigenvalue weighted by molar-refractivity contribution is 4.61. The van der Waals surface area contributed by atoms with Crippen LogP contribution in [0, 0.1) is 11.8 Å². The predicted octanol–water partition coefficient (Wildman–Crippen LogP) is 4.62. The molecule has 0 heterocycles. The number of hydrogen-bond donors (Lipinski definition) is 1. The lowest BCUT2D eigenvalue weighted by atomic mass is 9.96. The van der Waals surface area contributed by atoms with Gasteiger partial charge in [0.2, 0.25) is 0 Å². The van der Waals surface area contributed by atoms with Crippen LogP contribution in [-0.2, 0) is 0 Å². The Labute approximate surface area is 103 Å². The molecule has 0 aromatic carbocycles. The van der Waals surface area contributed by atoms with Crippen LogP contribution in [0.25, 0.3) is 0 Å². The topological polar surface area (TPSA) is 12.0 Å². The van der Waals surface area contributed by atoms with E-state index in [0.29, 0.717) is 0 Å². The van der Waals surface area contributed by atoms with Crippen molar-refractivity contribution in [2.75, 3.05) is 13.1 Å². The third-order valence-corrected chi connectivity index (χ3v) is 3.55. The van der Waals surface area contributed by atoms with Crippen LogP contribution in [0.1, 0.15) is 72.6 Å². The van der Waals surface area contributed by atoms with Crippen molar-refractivity contribution >= 4 is 0 Å². The van der Waals surface area contributed by atoms with Gasteiger partial charge in [0.15, 0.2) is 0 Å². The van der Waals surface area contributed by atoms with Crippen LogP contribution in [0.2, 0.25) is 0 Å². The molecule has 1 N–H and O–H groups in total. The molecule has 0 aliphatic carbocycles. The Morgan fingerprint density at radius 2 is 1.69 bits per heavy atom. The lowest BCUT2D eigenvalue weighted by molar-refractivity contribution is 0.395. The third kappa shape index (κ3) is 9.21. The fraction of sp³-hybridized carbons (Fsp3) is 1.00. The Hall–Kier alpha value is -0.0400. The zero-order chi connectivity index (χ0) is 12.2. The molecule has 0 bridgehead atoms. The zero-order valence-electron chi connectivity index (χ0n) is 12.0. The summed E-state index contributed by atoms with van der Waals surface area (Å²) in [6.07, 6.45) is 9.58. The summed E-state index contributed by atoms with van der Waals surface area (Å²) in [5.41, 5.74) is 0. The Balaban J connectivity index is 3.39. The molecule has 0 amide bonds. The maximum atomic E-state index is 3.61. The summed E-state index contributed by atoms with van der Waals surface area (Å²) in [6.45, 7) is 11.7. The van der Waals surface area contributed by atoms with Gasteiger partial charge in [-0.05, 0) is 37.8 Å². The highest BCUT2D eigenvalue weighted by atomic mass is 14.8. The van der Waals surface area contributed by atoms with E-state index in [1.54, 1.807) is 0 Å². The molecule has 0 saturated carbocycles. The number of nitrogens with one attached hydrogen (secondary N) is 1. The van der Waals surface area contributed by atoms with E-state index >= 15 is 0 Å². The second-order valence-corrected chi connectivity index (χ2v) is 5.30. The van der Waals surface area contributed by atoms with Crippen LogP contribution in [-0.4, -0.2) is 13.1 Å². The fourth-order valence-electron chi connectivity index (χ4n) is 2.29. The van der Waals surface area contributed by atoms with Crippen LogP contribution in [0.15, 0.2) is 0 Å². The molecule has 0 spiro atoms. The summed E-state index contributed by atoms with van der Waals surface area (Å²) in [7, 11) is 0. The first kappa shape index (κ1) is 16.0. The van der Waals surface area contributed by atoms with Crippen molar-refractivity contribution in [3.05, 3.63) is 0 Å². The second-order valence-electron chi connectivity index (χ2n) is 5.30. The average Bonchev–Trinajstić information content (AvgIpc) is 2.28. The molecule has 2 atom stereocenters. The number of rotatable bonds is 11. The smallest absolute Gasteiger partial charge is 0.00232 e. The normalized spacial score (nSPS) is 15.0. The van der Waals surface area contributed by atoms with Crippen LogP contribution in [0.5, 0.6) is 0 Å². The standard InChI is InChI=1S/C15H33N/c1-5-8-10-15(7-3)11-12-16-13-14(4)9-6-2/h14-16H,5-13H2,1-4H3. The quantitative estimate of drug-likeness (QED) is 0.508. The van der Waals surface area contributed by atoms with E-state index in [2.05, 4.69) is 33.0 Å².